The van der Waals surface area contributed by atoms with Gasteiger partial charge in [-0.2, -0.15) is 0 Å². The minimum Gasteiger partial charge on any atom is -0.399 e. The van der Waals surface area contributed by atoms with Crippen molar-refractivity contribution < 1.29 is 23.7 Å². The van der Waals surface area contributed by atoms with Gasteiger partial charge in [-0.05, 0) is 40.0 Å². The Labute approximate surface area is 118 Å². The van der Waals surface area contributed by atoms with Crippen molar-refractivity contribution in [2.45, 2.75) is 45.7 Å². The highest BCUT2D eigenvalue weighted by Crippen LogP contribution is 2.36. The topological polar surface area (TPSA) is 35.5 Å². The van der Waals surface area contributed by atoms with E-state index in [0.717, 1.165) is 0 Å². The number of rotatable bonds is 2. The zero-order chi connectivity index (χ0) is 19.5. The van der Waals surface area contributed by atoms with E-state index in [9.17, 15) is 4.79 Å². The average molecular weight is 253 g/mol. The fraction of sp³-hybridized carbons (Fsp3) is 0.500. The second-order valence-electron chi connectivity index (χ2n) is 5.21. The summed E-state index contributed by atoms with van der Waals surface area (Å²) in [5.41, 5.74) is -2.50. The number of Topliss-reactive ketones (excluding diaryl/α,β-unsaturated/α-hetero) is 1. The molecule has 0 atom stereocenters. The smallest absolute Gasteiger partial charge is 0.399 e. The first-order valence-corrected chi connectivity index (χ1v) is 5.62. The van der Waals surface area contributed by atoms with Crippen LogP contribution >= 0.6 is 0 Å². The molecule has 1 heterocycles. The number of benzene rings is 1. The van der Waals surface area contributed by atoms with Crippen LogP contribution in [0.4, 0.5) is 0 Å². The van der Waals surface area contributed by atoms with Crippen LogP contribution in [0.25, 0.3) is 0 Å². The van der Waals surface area contributed by atoms with Crippen LogP contribution in [-0.2, 0) is 9.31 Å². The molecule has 0 unspecified atom stereocenters. The van der Waals surface area contributed by atoms with Gasteiger partial charge in [0.25, 0.3) is 0 Å². The van der Waals surface area contributed by atoms with Crippen LogP contribution in [0.2, 0.25) is 0 Å². The molecule has 1 fully saturated rings. The van der Waals surface area contributed by atoms with Crippen molar-refractivity contribution in [1.29, 1.82) is 0 Å². The molecule has 0 spiro atoms. The van der Waals surface area contributed by atoms with Gasteiger partial charge in [-0.1, -0.05) is 24.2 Å². The predicted octanol–water partition coefficient (Wildman–Crippen LogP) is 2.19. The summed E-state index contributed by atoms with van der Waals surface area (Å²) >= 11 is 0. The molecule has 18 heavy (non-hydrogen) atoms. The maximum Gasteiger partial charge on any atom is 0.494 e. The molecule has 1 aliphatic rings. The summed E-state index contributed by atoms with van der Waals surface area (Å²) in [6, 6.07) is -2.51. The summed E-state index contributed by atoms with van der Waals surface area (Å²) in [7, 11) is -1.21. The van der Waals surface area contributed by atoms with Crippen LogP contribution in [0, 0.1) is 0 Å². The van der Waals surface area contributed by atoms with E-state index in [1.54, 1.807) is 27.7 Å². The van der Waals surface area contributed by atoms with Gasteiger partial charge in [0.15, 0.2) is 5.78 Å². The van der Waals surface area contributed by atoms with E-state index in [1.807, 2.05) is 0 Å². The molecular weight excluding hydrogens is 227 g/mol. The van der Waals surface area contributed by atoms with Crippen molar-refractivity contribution in [1.82, 2.24) is 0 Å². The van der Waals surface area contributed by atoms with Gasteiger partial charge in [0, 0.05) is 9.68 Å². The Hall–Kier alpha value is -1.13. The van der Waals surface area contributed by atoms with Gasteiger partial charge >= 0.3 is 7.12 Å². The normalized spacial score (nSPS) is 27.3. The quantitative estimate of drug-likeness (QED) is 0.598. The summed E-state index contributed by atoms with van der Waals surface area (Å²) in [5, 5.41) is 0. The Kier molecular flexibility index (Phi) is 1.61. The molecule has 0 N–H and O–H groups in total. The Morgan fingerprint density at radius 1 is 1.28 bits per heavy atom. The maximum atomic E-state index is 12.2. The SMILES string of the molecule is [2H]c1c([2H])c(B2OC(C)(C)C(C)(C)O2)c([2H])c(C(=O)C([2H])([2H])[2H])c1[2H]. The predicted molar refractivity (Wildman–Crippen MR) is 72.2 cm³/mol. The minimum absolute atomic E-state index is 0.216. The molecule has 96 valence electrons. The van der Waals surface area contributed by atoms with Crippen molar-refractivity contribution >= 4 is 18.4 Å². The number of hydrogen-bond acceptors (Lipinski definition) is 3. The number of carbonyl (C=O) groups excluding carboxylic acids is 1. The number of ketones is 1. The summed E-state index contributed by atoms with van der Waals surface area (Å²) in [4.78, 5) is 12.2. The van der Waals surface area contributed by atoms with E-state index in [2.05, 4.69) is 0 Å². The third kappa shape index (κ3) is 2.23. The molecule has 2 rings (SSSR count). The molecule has 3 nitrogen and oxygen atoms in total. The Balaban J connectivity index is 2.69. The van der Waals surface area contributed by atoms with Crippen molar-refractivity contribution in [3.8, 4) is 0 Å². The number of carbonyl (C=O) groups is 1. The van der Waals surface area contributed by atoms with Crippen molar-refractivity contribution in [2.24, 2.45) is 0 Å². The highest BCUT2D eigenvalue weighted by atomic mass is 16.7. The molecule has 4 heteroatoms. The lowest BCUT2D eigenvalue weighted by atomic mass is 9.78. The Morgan fingerprint density at radius 2 is 1.89 bits per heavy atom. The van der Waals surface area contributed by atoms with Crippen LogP contribution in [0.1, 0.15) is 54.5 Å². The zero-order valence-corrected chi connectivity index (χ0v) is 10.8. The fourth-order valence-corrected chi connectivity index (χ4v) is 1.55. The fourth-order valence-electron chi connectivity index (χ4n) is 1.55. The molecule has 0 saturated carbocycles. The van der Waals surface area contributed by atoms with Gasteiger partial charge in [0.2, 0.25) is 0 Å². The Bertz CT molecular complexity index is 727. The molecule has 0 aromatic heterocycles. The third-order valence-electron chi connectivity index (χ3n) is 3.36. The first kappa shape index (κ1) is 6.87. The Morgan fingerprint density at radius 3 is 2.44 bits per heavy atom. The molecule has 0 radical (unpaired) electrons. The molecule has 0 aliphatic carbocycles. The lowest BCUT2D eigenvalue weighted by Crippen LogP contribution is -2.41. The summed E-state index contributed by atoms with van der Waals surface area (Å²) in [6.07, 6.45) is 0. The molecule has 1 saturated heterocycles. The van der Waals surface area contributed by atoms with Gasteiger partial charge < -0.3 is 9.31 Å². The third-order valence-corrected chi connectivity index (χ3v) is 3.36. The zero-order valence-electron chi connectivity index (χ0n) is 17.8. The van der Waals surface area contributed by atoms with Crippen LogP contribution in [0.5, 0.6) is 0 Å². The van der Waals surface area contributed by atoms with Gasteiger partial charge in [-0.15, -0.1) is 0 Å². The van der Waals surface area contributed by atoms with E-state index in [0.29, 0.717) is 0 Å². The van der Waals surface area contributed by atoms with Gasteiger partial charge in [0.1, 0.15) is 0 Å². The van der Waals surface area contributed by atoms with Gasteiger partial charge in [-0.3, -0.25) is 4.79 Å². The summed E-state index contributed by atoms with van der Waals surface area (Å²) in [6.45, 7) is 3.98. The highest BCUT2D eigenvalue weighted by Gasteiger charge is 2.51. The summed E-state index contributed by atoms with van der Waals surface area (Å²) in [5.74, 6) is -1.41. The molecule has 0 amide bonds. The van der Waals surface area contributed by atoms with Crippen molar-refractivity contribution in [3.05, 3.63) is 29.7 Å². The number of hydrogen-bond donors (Lipinski definition) is 0. The lowest BCUT2D eigenvalue weighted by molar-refractivity contribution is 0.00578. The molecule has 1 aromatic carbocycles. The van der Waals surface area contributed by atoms with Gasteiger partial charge in [-0.25, -0.2) is 0 Å². The van der Waals surface area contributed by atoms with E-state index < -0.39 is 60.7 Å². The standard InChI is InChI=1S/C14H19BO3/c1-10(16)11-7-6-8-12(9-11)15-17-13(2,3)14(4,5)18-15/h6-9H,1-5H3/i1D3,6D,7D,8D,9D. The van der Waals surface area contributed by atoms with Crippen molar-refractivity contribution in [3.63, 3.8) is 0 Å². The first-order valence-electron chi connectivity index (χ1n) is 9.12. The lowest BCUT2D eigenvalue weighted by Gasteiger charge is -2.32. The molecular formula is C14H19BO3. The van der Waals surface area contributed by atoms with E-state index in [1.165, 1.54) is 0 Å². The first-order chi connectivity index (χ1) is 11.1. The highest BCUT2D eigenvalue weighted by molar-refractivity contribution is 6.62. The second-order valence-corrected chi connectivity index (χ2v) is 5.21. The molecule has 0 bridgehead atoms. The summed E-state index contributed by atoms with van der Waals surface area (Å²) < 4.78 is 65.2. The minimum atomic E-state index is -3.06. The monoisotopic (exact) mass is 253 g/mol. The van der Waals surface area contributed by atoms with Crippen LogP contribution in [0.3, 0.4) is 0 Å². The second kappa shape index (κ2) is 4.21. The molecule has 1 aromatic rings. The van der Waals surface area contributed by atoms with Crippen LogP contribution < -0.4 is 5.46 Å². The largest absolute Gasteiger partial charge is 0.494 e. The average Bonchev–Trinajstić information content (AvgIpc) is 2.63. The van der Waals surface area contributed by atoms with Gasteiger partial charge in [0.05, 0.1) is 16.7 Å². The van der Waals surface area contributed by atoms with Crippen LogP contribution in [-0.4, -0.2) is 24.1 Å². The van der Waals surface area contributed by atoms with E-state index in [4.69, 9.17) is 18.9 Å². The van der Waals surface area contributed by atoms with E-state index in [-0.39, 0.29) is 5.46 Å². The van der Waals surface area contributed by atoms with Crippen molar-refractivity contribution in [2.75, 3.05) is 0 Å². The maximum absolute atomic E-state index is 12.2. The van der Waals surface area contributed by atoms with E-state index >= 15 is 0 Å². The van der Waals surface area contributed by atoms with Crippen LogP contribution in [0.15, 0.2) is 24.2 Å². The molecule has 1 aliphatic heterocycles.